The number of hydrogen-bond donors (Lipinski definition) is 1. The number of pyridine rings is 1. The van der Waals surface area contributed by atoms with Crippen molar-refractivity contribution in [1.29, 1.82) is 0 Å². The highest BCUT2D eigenvalue weighted by atomic mass is 32.1. The van der Waals surface area contributed by atoms with E-state index >= 15 is 0 Å². The number of hydrogen-bond acceptors (Lipinski definition) is 7. The van der Waals surface area contributed by atoms with E-state index in [1.54, 1.807) is 12.1 Å². The SMILES string of the molecule is C[C@H](Oc1ccc(C(=O)Nc2nc(CN3CCOCC3)cs2)cn1)c1ccccc1. The Morgan fingerprint density at radius 2 is 2.03 bits per heavy atom. The van der Waals surface area contributed by atoms with Gasteiger partial charge in [-0.3, -0.25) is 15.0 Å². The molecule has 1 saturated heterocycles. The summed E-state index contributed by atoms with van der Waals surface area (Å²) in [6.45, 7) is 6.05. The van der Waals surface area contributed by atoms with Gasteiger partial charge in [0, 0.05) is 37.3 Å². The Morgan fingerprint density at radius 3 is 2.77 bits per heavy atom. The van der Waals surface area contributed by atoms with Gasteiger partial charge in [-0.25, -0.2) is 9.97 Å². The largest absolute Gasteiger partial charge is 0.470 e. The molecule has 7 nitrogen and oxygen atoms in total. The molecule has 4 rings (SSSR count). The highest BCUT2D eigenvalue weighted by molar-refractivity contribution is 7.13. The van der Waals surface area contributed by atoms with Crippen LogP contribution in [0.25, 0.3) is 0 Å². The van der Waals surface area contributed by atoms with E-state index in [9.17, 15) is 4.79 Å². The van der Waals surface area contributed by atoms with Gasteiger partial charge >= 0.3 is 0 Å². The maximum Gasteiger partial charge on any atom is 0.259 e. The maximum atomic E-state index is 12.5. The second-order valence-electron chi connectivity index (χ2n) is 7.04. The molecule has 1 fully saturated rings. The van der Waals surface area contributed by atoms with Gasteiger partial charge in [-0.2, -0.15) is 0 Å². The average molecular weight is 425 g/mol. The molecule has 156 valence electrons. The van der Waals surface area contributed by atoms with Crippen molar-refractivity contribution in [3.63, 3.8) is 0 Å². The van der Waals surface area contributed by atoms with Gasteiger partial charge in [-0.1, -0.05) is 30.3 Å². The normalized spacial score (nSPS) is 15.5. The quantitative estimate of drug-likeness (QED) is 0.622. The molecular formula is C22H24N4O3S. The van der Waals surface area contributed by atoms with Crippen molar-refractivity contribution >= 4 is 22.4 Å². The first-order chi connectivity index (χ1) is 14.7. The van der Waals surface area contributed by atoms with Gasteiger partial charge in [-0.15, -0.1) is 11.3 Å². The molecule has 0 aliphatic carbocycles. The number of nitrogens with zero attached hydrogens (tertiary/aromatic N) is 3. The van der Waals surface area contributed by atoms with E-state index < -0.39 is 0 Å². The highest BCUT2D eigenvalue weighted by Gasteiger charge is 2.15. The summed E-state index contributed by atoms with van der Waals surface area (Å²) < 4.78 is 11.2. The first-order valence-corrected chi connectivity index (χ1v) is 10.8. The van der Waals surface area contributed by atoms with Gasteiger partial charge in [0.05, 0.1) is 24.5 Å². The minimum absolute atomic E-state index is 0.126. The van der Waals surface area contributed by atoms with Crippen molar-refractivity contribution in [1.82, 2.24) is 14.9 Å². The second-order valence-corrected chi connectivity index (χ2v) is 7.90. The molecule has 0 saturated carbocycles. The van der Waals surface area contributed by atoms with Crippen LogP contribution in [0.1, 0.15) is 34.6 Å². The van der Waals surface area contributed by atoms with Gasteiger partial charge in [0.25, 0.3) is 5.91 Å². The van der Waals surface area contributed by atoms with E-state index in [0.717, 1.165) is 44.1 Å². The zero-order chi connectivity index (χ0) is 20.8. The average Bonchev–Trinajstić information content (AvgIpc) is 3.22. The molecule has 1 atom stereocenters. The molecule has 1 N–H and O–H groups in total. The predicted molar refractivity (Wildman–Crippen MR) is 116 cm³/mol. The summed E-state index contributed by atoms with van der Waals surface area (Å²) in [5, 5.41) is 5.41. The van der Waals surface area contributed by atoms with Crippen molar-refractivity contribution in [3.05, 3.63) is 70.9 Å². The van der Waals surface area contributed by atoms with Crippen LogP contribution >= 0.6 is 11.3 Å². The van der Waals surface area contributed by atoms with Crippen molar-refractivity contribution in [2.45, 2.75) is 19.6 Å². The topological polar surface area (TPSA) is 76.6 Å². The Labute approximate surface area is 179 Å². The molecule has 30 heavy (non-hydrogen) atoms. The van der Waals surface area contributed by atoms with Crippen LogP contribution in [-0.4, -0.2) is 47.1 Å². The van der Waals surface area contributed by atoms with Crippen molar-refractivity contribution in [2.24, 2.45) is 0 Å². The van der Waals surface area contributed by atoms with E-state index in [0.29, 0.717) is 16.6 Å². The summed E-state index contributed by atoms with van der Waals surface area (Å²) in [6, 6.07) is 13.3. The lowest BCUT2D eigenvalue weighted by Gasteiger charge is -2.25. The van der Waals surface area contributed by atoms with Gasteiger partial charge in [0.15, 0.2) is 5.13 Å². The number of carbonyl (C=O) groups is 1. The Kier molecular flexibility index (Phi) is 6.68. The van der Waals surface area contributed by atoms with E-state index in [-0.39, 0.29) is 12.0 Å². The van der Waals surface area contributed by atoms with E-state index in [4.69, 9.17) is 9.47 Å². The maximum absolute atomic E-state index is 12.5. The number of morpholine rings is 1. The third-order valence-electron chi connectivity index (χ3n) is 4.83. The lowest BCUT2D eigenvalue weighted by molar-refractivity contribution is 0.0337. The monoisotopic (exact) mass is 424 g/mol. The Balaban J connectivity index is 1.31. The van der Waals surface area contributed by atoms with Crippen LogP contribution < -0.4 is 10.1 Å². The van der Waals surface area contributed by atoms with Crippen LogP contribution in [0.4, 0.5) is 5.13 Å². The van der Waals surface area contributed by atoms with Gasteiger partial charge in [0.1, 0.15) is 6.10 Å². The van der Waals surface area contributed by atoms with E-state index in [1.165, 1.54) is 17.5 Å². The fraction of sp³-hybridized carbons (Fsp3) is 0.318. The number of rotatable bonds is 7. The number of benzene rings is 1. The summed E-state index contributed by atoms with van der Waals surface area (Å²) in [6.07, 6.45) is 1.39. The summed E-state index contributed by atoms with van der Waals surface area (Å²) in [4.78, 5) is 23.6. The molecule has 1 amide bonds. The fourth-order valence-electron chi connectivity index (χ4n) is 3.15. The highest BCUT2D eigenvalue weighted by Crippen LogP contribution is 2.21. The Hall–Kier alpha value is -2.81. The van der Waals surface area contributed by atoms with Crippen LogP contribution in [-0.2, 0) is 11.3 Å². The zero-order valence-electron chi connectivity index (χ0n) is 16.8. The Morgan fingerprint density at radius 1 is 1.23 bits per heavy atom. The van der Waals surface area contributed by atoms with Gasteiger partial charge in [0.2, 0.25) is 5.88 Å². The predicted octanol–water partition coefficient (Wildman–Crippen LogP) is 3.76. The lowest BCUT2D eigenvalue weighted by Crippen LogP contribution is -2.35. The number of anilines is 1. The van der Waals surface area contributed by atoms with Crippen LogP contribution in [0.5, 0.6) is 5.88 Å². The third-order valence-corrected chi connectivity index (χ3v) is 5.63. The number of amides is 1. The summed E-state index contributed by atoms with van der Waals surface area (Å²) in [5.41, 5.74) is 2.48. The van der Waals surface area contributed by atoms with Crippen LogP contribution in [0.15, 0.2) is 54.0 Å². The van der Waals surface area contributed by atoms with Gasteiger partial charge in [-0.05, 0) is 18.6 Å². The summed E-state index contributed by atoms with van der Waals surface area (Å²) >= 11 is 1.42. The molecular weight excluding hydrogens is 400 g/mol. The van der Waals surface area contributed by atoms with Crippen LogP contribution in [0.2, 0.25) is 0 Å². The molecule has 3 heterocycles. The first-order valence-electron chi connectivity index (χ1n) is 9.91. The molecule has 1 aliphatic heterocycles. The number of nitrogens with one attached hydrogen (secondary N) is 1. The molecule has 3 aromatic rings. The molecule has 0 spiro atoms. The molecule has 0 radical (unpaired) electrons. The number of ether oxygens (including phenoxy) is 2. The molecule has 0 bridgehead atoms. The van der Waals surface area contributed by atoms with Crippen molar-refractivity contribution in [2.75, 3.05) is 31.6 Å². The fourth-order valence-corrected chi connectivity index (χ4v) is 3.85. The molecule has 2 aromatic heterocycles. The molecule has 8 heteroatoms. The molecule has 1 aromatic carbocycles. The smallest absolute Gasteiger partial charge is 0.259 e. The standard InChI is InChI=1S/C22H24N4O3S/c1-16(17-5-3-2-4-6-17)29-20-8-7-18(13-23-20)21(27)25-22-24-19(15-30-22)14-26-9-11-28-12-10-26/h2-8,13,15-16H,9-12,14H2,1H3,(H,24,25,27)/t16-/m0/s1. The van der Waals surface area contributed by atoms with Gasteiger partial charge < -0.3 is 9.47 Å². The Bertz CT molecular complexity index is 956. The van der Waals surface area contributed by atoms with Crippen LogP contribution in [0.3, 0.4) is 0 Å². The number of carbonyl (C=O) groups excluding carboxylic acids is 1. The minimum Gasteiger partial charge on any atom is -0.470 e. The van der Waals surface area contributed by atoms with E-state index in [1.807, 2.05) is 42.6 Å². The summed E-state index contributed by atoms with van der Waals surface area (Å²) in [5.74, 6) is 0.238. The van der Waals surface area contributed by atoms with Crippen molar-refractivity contribution < 1.29 is 14.3 Å². The van der Waals surface area contributed by atoms with Crippen LogP contribution in [0, 0.1) is 0 Å². The molecule has 0 unspecified atom stereocenters. The number of aromatic nitrogens is 2. The second kappa shape index (κ2) is 9.80. The first kappa shape index (κ1) is 20.5. The number of thiazole rings is 1. The van der Waals surface area contributed by atoms with Crippen molar-refractivity contribution in [3.8, 4) is 5.88 Å². The molecule has 1 aliphatic rings. The van der Waals surface area contributed by atoms with E-state index in [2.05, 4.69) is 20.2 Å². The minimum atomic E-state index is -0.238. The summed E-state index contributed by atoms with van der Waals surface area (Å²) in [7, 11) is 0. The zero-order valence-corrected chi connectivity index (χ0v) is 17.6. The third kappa shape index (κ3) is 5.41. The lowest BCUT2D eigenvalue weighted by atomic mass is 10.1.